The molecule has 0 heterocycles. The predicted molar refractivity (Wildman–Crippen MR) is 99.2 cm³/mol. The molecule has 6 nitrogen and oxygen atoms in total. The summed E-state index contributed by atoms with van der Waals surface area (Å²) < 4.78 is 21.9. The molecule has 0 saturated carbocycles. The maximum atomic E-state index is 12.4. The normalized spacial score (nSPS) is 11.3. The summed E-state index contributed by atoms with van der Waals surface area (Å²) in [5.74, 6) is 2.24. The van der Waals surface area contributed by atoms with Crippen LogP contribution in [0.25, 0.3) is 0 Å². The number of methoxy groups -OCH3 is 2. The van der Waals surface area contributed by atoms with E-state index in [2.05, 4.69) is 5.32 Å². The van der Waals surface area contributed by atoms with Crippen molar-refractivity contribution in [1.29, 1.82) is 0 Å². The molecular formula is C20H25NO5. The summed E-state index contributed by atoms with van der Waals surface area (Å²) in [6.07, 6.45) is -0.0605. The van der Waals surface area contributed by atoms with Crippen LogP contribution < -0.4 is 24.3 Å². The molecule has 0 aliphatic carbocycles. The highest BCUT2D eigenvalue weighted by atomic mass is 16.5. The number of benzene rings is 2. The molecule has 1 unspecified atom stereocenters. The van der Waals surface area contributed by atoms with Crippen molar-refractivity contribution in [2.45, 2.75) is 19.4 Å². The summed E-state index contributed by atoms with van der Waals surface area (Å²) in [5.41, 5.74) is 0. The minimum atomic E-state index is -0.599. The molecule has 2 rings (SSSR count). The lowest BCUT2D eigenvalue weighted by Crippen LogP contribution is -2.39. The number of para-hydroxylation sites is 4. The van der Waals surface area contributed by atoms with Gasteiger partial charge in [-0.05, 0) is 30.7 Å². The van der Waals surface area contributed by atoms with Crippen LogP contribution in [-0.2, 0) is 4.79 Å². The van der Waals surface area contributed by atoms with Gasteiger partial charge in [0.15, 0.2) is 29.1 Å². The van der Waals surface area contributed by atoms with Gasteiger partial charge in [-0.1, -0.05) is 31.2 Å². The number of carbonyl (C=O) groups is 1. The quantitative estimate of drug-likeness (QED) is 0.661. The number of nitrogens with one attached hydrogen (secondary N) is 1. The first-order valence-corrected chi connectivity index (χ1v) is 8.52. The molecule has 0 spiro atoms. The number of ether oxygens (including phenoxy) is 4. The van der Waals surface area contributed by atoms with Crippen molar-refractivity contribution < 1.29 is 23.7 Å². The zero-order chi connectivity index (χ0) is 18.8. The van der Waals surface area contributed by atoms with Crippen LogP contribution in [0.1, 0.15) is 13.3 Å². The number of carbonyl (C=O) groups excluding carboxylic acids is 1. The fraction of sp³-hybridized carbons (Fsp3) is 0.350. The Bertz CT molecular complexity index is 704. The molecule has 1 N–H and O–H groups in total. The van der Waals surface area contributed by atoms with Gasteiger partial charge < -0.3 is 24.3 Å². The standard InChI is InChI=1S/C20H25NO5/c1-4-15(26-19-12-8-6-10-17(19)24-3)20(22)21-13-14-25-18-11-7-5-9-16(18)23-2/h5-12,15H,4,13-14H2,1-3H3,(H,21,22). The van der Waals surface area contributed by atoms with Gasteiger partial charge in [-0.25, -0.2) is 0 Å². The van der Waals surface area contributed by atoms with E-state index in [9.17, 15) is 4.79 Å². The van der Waals surface area contributed by atoms with E-state index >= 15 is 0 Å². The fourth-order valence-corrected chi connectivity index (χ4v) is 2.38. The largest absolute Gasteiger partial charge is 0.493 e. The highest BCUT2D eigenvalue weighted by molar-refractivity contribution is 5.81. The van der Waals surface area contributed by atoms with Crippen molar-refractivity contribution in [2.75, 3.05) is 27.4 Å². The van der Waals surface area contributed by atoms with Crippen molar-refractivity contribution in [3.63, 3.8) is 0 Å². The zero-order valence-corrected chi connectivity index (χ0v) is 15.4. The first kappa shape index (κ1) is 19.4. The lowest BCUT2D eigenvalue weighted by atomic mass is 10.2. The Morgan fingerprint density at radius 1 is 0.923 bits per heavy atom. The Morgan fingerprint density at radius 3 is 2.04 bits per heavy atom. The molecule has 0 fully saturated rings. The van der Waals surface area contributed by atoms with Gasteiger partial charge in [0, 0.05) is 0 Å². The van der Waals surface area contributed by atoms with Crippen LogP contribution in [0.3, 0.4) is 0 Å². The Labute approximate surface area is 154 Å². The summed E-state index contributed by atoms with van der Waals surface area (Å²) in [7, 11) is 3.16. The first-order valence-electron chi connectivity index (χ1n) is 8.52. The average molecular weight is 359 g/mol. The maximum Gasteiger partial charge on any atom is 0.261 e. The third-order valence-electron chi connectivity index (χ3n) is 3.73. The molecule has 0 bridgehead atoms. The monoisotopic (exact) mass is 359 g/mol. The average Bonchev–Trinajstić information content (AvgIpc) is 2.69. The van der Waals surface area contributed by atoms with E-state index < -0.39 is 6.10 Å². The van der Waals surface area contributed by atoms with Gasteiger partial charge in [-0.15, -0.1) is 0 Å². The molecule has 0 radical (unpaired) electrons. The second kappa shape index (κ2) is 10.2. The van der Waals surface area contributed by atoms with E-state index in [0.717, 1.165) is 0 Å². The van der Waals surface area contributed by atoms with Gasteiger partial charge in [-0.2, -0.15) is 0 Å². The lowest BCUT2D eigenvalue weighted by Gasteiger charge is -2.19. The van der Waals surface area contributed by atoms with E-state index in [4.69, 9.17) is 18.9 Å². The van der Waals surface area contributed by atoms with Gasteiger partial charge in [-0.3, -0.25) is 4.79 Å². The third kappa shape index (κ3) is 5.31. The second-order valence-electron chi connectivity index (χ2n) is 5.46. The molecular weight excluding hydrogens is 334 g/mol. The predicted octanol–water partition coefficient (Wildman–Crippen LogP) is 3.06. The highest BCUT2D eigenvalue weighted by Crippen LogP contribution is 2.27. The molecule has 1 atom stereocenters. The van der Waals surface area contributed by atoms with Crippen molar-refractivity contribution >= 4 is 5.91 Å². The van der Waals surface area contributed by atoms with Gasteiger partial charge in [0.25, 0.3) is 5.91 Å². The lowest BCUT2D eigenvalue weighted by molar-refractivity contribution is -0.128. The van der Waals surface area contributed by atoms with E-state index in [1.807, 2.05) is 43.3 Å². The molecule has 0 saturated heterocycles. The van der Waals surface area contributed by atoms with E-state index in [1.165, 1.54) is 0 Å². The van der Waals surface area contributed by atoms with Crippen molar-refractivity contribution in [2.24, 2.45) is 0 Å². The van der Waals surface area contributed by atoms with Crippen LogP contribution in [0, 0.1) is 0 Å². The van der Waals surface area contributed by atoms with E-state index in [1.54, 1.807) is 26.4 Å². The minimum absolute atomic E-state index is 0.193. The zero-order valence-electron chi connectivity index (χ0n) is 15.4. The number of hydrogen-bond acceptors (Lipinski definition) is 5. The molecule has 0 aromatic heterocycles. The van der Waals surface area contributed by atoms with Gasteiger partial charge in [0.2, 0.25) is 0 Å². The molecule has 2 aromatic rings. The third-order valence-corrected chi connectivity index (χ3v) is 3.73. The van der Waals surface area contributed by atoms with Crippen LogP contribution in [0.5, 0.6) is 23.0 Å². The summed E-state index contributed by atoms with van der Waals surface area (Å²) >= 11 is 0. The van der Waals surface area contributed by atoms with Gasteiger partial charge in [0.05, 0.1) is 20.8 Å². The summed E-state index contributed by atoms with van der Waals surface area (Å²) in [5, 5.41) is 2.83. The minimum Gasteiger partial charge on any atom is -0.493 e. The highest BCUT2D eigenvalue weighted by Gasteiger charge is 2.19. The van der Waals surface area contributed by atoms with Crippen LogP contribution >= 0.6 is 0 Å². The molecule has 140 valence electrons. The number of amides is 1. The Morgan fingerprint density at radius 2 is 1.46 bits per heavy atom. The summed E-state index contributed by atoms with van der Waals surface area (Å²) in [6.45, 7) is 2.59. The number of rotatable bonds is 10. The van der Waals surface area contributed by atoms with Crippen molar-refractivity contribution in [3.8, 4) is 23.0 Å². The smallest absolute Gasteiger partial charge is 0.261 e. The van der Waals surface area contributed by atoms with Crippen LogP contribution in [0.2, 0.25) is 0 Å². The van der Waals surface area contributed by atoms with Crippen molar-refractivity contribution in [3.05, 3.63) is 48.5 Å². The second-order valence-corrected chi connectivity index (χ2v) is 5.46. The molecule has 26 heavy (non-hydrogen) atoms. The molecule has 2 aromatic carbocycles. The Hall–Kier alpha value is -2.89. The topological polar surface area (TPSA) is 66.0 Å². The Kier molecular flexibility index (Phi) is 7.61. The molecule has 0 aliphatic heterocycles. The van der Waals surface area contributed by atoms with Crippen LogP contribution in [0.4, 0.5) is 0 Å². The van der Waals surface area contributed by atoms with E-state index in [0.29, 0.717) is 42.6 Å². The number of hydrogen-bond donors (Lipinski definition) is 1. The molecule has 1 amide bonds. The van der Waals surface area contributed by atoms with Gasteiger partial charge in [0.1, 0.15) is 6.61 Å². The molecule has 6 heteroatoms. The van der Waals surface area contributed by atoms with Gasteiger partial charge >= 0.3 is 0 Å². The SMILES string of the molecule is CCC(Oc1ccccc1OC)C(=O)NCCOc1ccccc1OC. The summed E-state index contributed by atoms with van der Waals surface area (Å²) in [4.78, 5) is 12.4. The fourth-order valence-electron chi connectivity index (χ4n) is 2.38. The van der Waals surface area contributed by atoms with Crippen molar-refractivity contribution in [1.82, 2.24) is 5.32 Å². The summed E-state index contributed by atoms with van der Waals surface area (Å²) in [6, 6.07) is 14.6. The Balaban J connectivity index is 1.83. The van der Waals surface area contributed by atoms with Crippen LogP contribution in [0.15, 0.2) is 48.5 Å². The molecule has 0 aliphatic rings. The van der Waals surface area contributed by atoms with E-state index in [-0.39, 0.29) is 5.91 Å². The first-order chi connectivity index (χ1) is 12.7. The van der Waals surface area contributed by atoms with Crippen LogP contribution in [-0.4, -0.2) is 39.4 Å². The maximum absolute atomic E-state index is 12.4.